The van der Waals surface area contributed by atoms with Gasteiger partial charge >= 0.3 is 0 Å². The summed E-state index contributed by atoms with van der Waals surface area (Å²) < 4.78 is 2.87. The zero-order valence-electron chi connectivity index (χ0n) is 9.09. The van der Waals surface area contributed by atoms with Crippen molar-refractivity contribution in [3.05, 3.63) is 34.6 Å². The van der Waals surface area contributed by atoms with E-state index in [0.29, 0.717) is 0 Å². The minimum Gasteiger partial charge on any atom is -0.187 e. The Labute approximate surface area is 110 Å². The van der Waals surface area contributed by atoms with Gasteiger partial charge in [0.15, 0.2) is 5.82 Å². The van der Waals surface area contributed by atoms with E-state index in [1.165, 1.54) is 0 Å². The number of aryl methyl sites for hydroxylation is 1. The number of halogens is 1. The predicted octanol–water partition coefficient (Wildman–Crippen LogP) is 3.18. The van der Waals surface area contributed by atoms with Crippen molar-refractivity contribution in [1.82, 2.24) is 19.8 Å². The standard InChI is InChI=1S/C11H9BrN4S/c1-2-9-13-14-11-16(9)15-10(17-11)7-4-3-5-8(12)6-7/h3-6H,2H2,1H3. The van der Waals surface area contributed by atoms with E-state index in [1.54, 1.807) is 11.3 Å². The highest BCUT2D eigenvalue weighted by molar-refractivity contribution is 9.10. The summed E-state index contributed by atoms with van der Waals surface area (Å²) in [6, 6.07) is 8.10. The summed E-state index contributed by atoms with van der Waals surface area (Å²) in [5.41, 5.74) is 1.09. The minimum absolute atomic E-state index is 0.836. The fourth-order valence-electron chi connectivity index (χ4n) is 1.62. The summed E-state index contributed by atoms with van der Waals surface area (Å²) in [5.74, 6) is 0.900. The van der Waals surface area contributed by atoms with Crippen molar-refractivity contribution in [1.29, 1.82) is 0 Å². The second-order valence-corrected chi connectivity index (χ2v) is 5.45. The topological polar surface area (TPSA) is 43.1 Å². The van der Waals surface area contributed by atoms with Crippen LogP contribution in [0.15, 0.2) is 28.7 Å². The highest BCUT2D eigenvalue weighted by atomic mass is 79.9. The van der Waals surface area contributed by atoms with Crippen molar-refractivity contribution >= 4 is 32.2 Å². The lowest BCUT2D eigenvalue weighted by Crippen LogP contribution is -1.93. The molecule has 86 valence electrons. The van der Waals surface area contributed by atoms with Crippen LogP contribution in [0.4, 0.5) is 0 Å². The highest BCUT2D eigenvalue weighted by Gasteiger charge is 2.11. The van der Waals surface area contributed by atoms with Gasteiger partial charge in [0, 0.05) is 16.5 Å². The maximum absolute atomic E-state index is 4.54. The smallest absolute Gasteiger partial charge is 0.187 e. The van der Waals surface area contributed by atoms with Crippen LogP contribution < -0.4 is 0 Å². The highest BCUT2D eigenvalue weighted by Crippen LogP contribution is 2.27. The Morgan fingerprint density at radius 2 is 2.24 bits per heavy atom. The van der Waals surface area contributed by atoms with Gasteiger partial charge in [-0.05, 0) is 12.1 Å². The van der Waals surface area contributed by atoms with E-state index in [4.69, 9.17) is 0 Å². The molecule has 6 heteroatoms. The predicted molar refractivity (Wildman–Crippen MR) is 71.2 cm³/mol. The van der Waals surface area contributed by atoms with Gasteiger partial charge in [-0.2, -0.15) is 9.61 Å². The van der Waals surface area contributed by atoms with Crippen molar-refractivity contribution in [2.75, 3.05) is 0 Å². The summed E-state index contributed by atoms with van der Waals surface area (Å²) >= 11 is 5.02. The molecule has 0 fully saturated rings. The molecule has 0 aliphatic heterocycles. The summed E-state index contributed by atoms with van der Waals surface area (Å²) in [7, 11) is 0. The lowest BCUT2D eigenvalue weighted by Gasteiger charge is -1.95. The van der Waals surface area contributed by atoms with Gasteiger partial charge in [-0.15, -0.1) is 10.2 Å². The van der Waals surface area contributed by atoms with E-state index < -0.39 is 0 Å². The Morgan fingerprint density at radius 1 is 1.35 bits per heavy atom. The lowest BCUT2D eigenvalue weighted by atomic mass is 10.2. The third-order valence-corrected chi connectivity index (χ3v) is 3.88. The number of hydrogen-bond donors (Lipinski definition) is 0. The van der Waals surface area contributed by atoms with Gasteiger partial charge in [-0.3, -0.25) is 0 Å². The second kappa shape index (κ2) is 4.19. The summed E-state index contributed by atoms with van der Waals surface area (Å²) in [6.07, 6.45) is 0.836. The van der Waals surface area contributed by atoms with E-state index >= 15 is 0 Å². The molecule has 0 atom stereocenters. The molecule has 0 saturated carbocycles. The molecule has 2 aromatic heterocycles. The van der Waals surface area contributed by atoms with E-state index in [0.717, 1.165) is 32.2 Å². The van der Waals surface area contributed by atoms with Crippen molar-refractivity contribution < 1.29 is 0 Å². The van der Waals surface area contributed by atoms with Crippen molar-refractivity contribution in [2.24, 2.45) is 0 Å². The van der Waals surface area contributed by atoms with Gasteiger partial charge in [0.25, 0.3) is 0 Å². The molecule has 0 bridgehead atoms. The molecule has 0 unspecified atom stereocenters. The quantitative estimate of drug-likeness (QED) is 0.730. The van der Waals surface area contributed by atoms with E-state index in [-0.39, 0.29) is 0 Å². The maximum Gasteiger partial charge on any atom is 0.234 e. The number of hydrogen-bond acceptors (Lipinski definition) is 4. The van der Waals surface area contributed by atoms with Gasteiger partial charge in [0.2, 0.25) is 4.96 Å². The molecule has 4 nitrogen and oxygen atoms in total. The van der Waals surface area contributed by atoms with Crippen molar-refractivity contribution in [2.45, 2.75) is 13.3 Å². The van der Waals surface area contributed by atoms with Crippen LogP contribution in [0, 0.1) is 0 Å². The van der Waals surface area contributed by atoms with E-state index in [1.807, 2.05) is 22.7 Å². The molecule has 2 heterocycles. The monoisotopic (exact) mass is 308 g/mol. The first-order valence-electron chi connectivity index (χ1n) is 5.25. The largest absolute Gasteiger partial charge is 0.234 e. The van der Waals surface area contributed by atoms with Crippen LogP contribution in [-0.2, 0) is 6.42 Å². The molecule has 0 aliphatic rings. The average Bonchev–Trinajstić information content (AvgIpc) is 2.87. The minimum atomic E-state index is 0.836. The average molecular weight is 309 g/mol. The first-order chi connectivity index (χ1) is 8.28. The Balaban J connectivity index is 2.15. The van der Waals surface area contributed by atoms with Crippen molar-refractivity contribution in [3.8, 4) is 10.6 Å². The number of nitrogens with zero attached hydrogens (tertiary/aromatic N) is 4. The van der Waals surface area contributed by atoms with Crippen molar-refractivity contribution in [3.63, 3.8) is 0 Å². The van der Waals surface area contributed by atoms with Crippen LogP contribution in [0.1, 0.15) is 12.7 Å². The maximum atomic E-state index is 4.54. The Morgan fingerprint density at radius 3 is 3.00 bits per heavy atom. The van der Waals surface area contributed by atoms with Crippen LogP contribution in [0.3, 0.4) is 0 Å². The normalized spacial score (nSPS) is 11.2. The molecule has 0 spiro atoms. The molecule has 0 radical (unpaired) electrons. The molecular weight excluding hydrogens is 300 g/mol. The molecule has 0 aliphatic carbocycles. The van der Waals surface area contributed by atoms with Crippen LogP contribution in [0.2, 0.25) is 0 Å². The van der Waals surface area contributed by atoms with E-state index in [9.17, 15) is 0 Å². The number of benzene rings is 1. The zero-order chi connectivity index (χ0) is 11.8. The van der Waals surface area contributed by atoms with E-state index in [2.05, 4.69) is 44.2 Å². The zero-order valence-corrected chi connectivity index (χ0v) is 11.5. The molecule has 0 saturated heterocycles. The summed E-state index contributed by atoms with van der Waals surface area (Å²) in [6.45, 7) is 2.05. The summed E-state index contributed by atoms with van der Waals surface area (Å²) in [4.78, 5) is 0.844. The summed E-state index contributed by atoms with van der Waals surface area (Å²) in [5, 5.41) is 13.7. The molecular formula is C11H9BrN4S. The van der Waals surface area contributed by atoms with Crippen LogP contribution in [0.5, 0.6) is 0 Å². The fourth-order valence-corrected chi connectivity index (χ4v) is 2.87. The Kier molecular flexibility index (Phi) is 2.68. The lowest BCUT2D eigenvalue weighted by molar-refractivity contribution is 0.838. The Hall–Kier alpha value is -1.27. The SMILES string of the molecule is CCc1nnc2sc(-c3cccc(Br)c3)nn12. The second-order valence-electron chi connectivity index (χ2n) is 3.58. The molecule has 0 amide bonds. The van der Waals surface area contributed by atoms with Crippen LogP contribution in [-0.4, -0.2) is 19.8 Å². The third kappa shape index (κ3) is 1.87. The first-order valence-corrected chi connectivity index (χ1v) is 6.86. The van der Waals surface area contributed by atoms with Crippen LogP contribution in [0.25, 0.3) is 15.5 Å². The molecule has 3 aromatic rings. The fraction of sp³-hybridized carbons (Fsp3) is 0.182. The Bertz CT molecular complexity index is 673. The first kappa shape index (κ1) is 10.9. The number of aromatic nitrogens is 4. The van der Waals surface area contributed by atoms with Gasteiger partial charge in [0.05, 0.1) is 0 Å². The van der Waals surface area contributed by atoms with Gasteiger partial charge in [0.1, 0.15) is 5.01 Å². The number of fused-ring (bicyclic) bond motifs is 1. The number of rotatable bonds is 2. The van der Waals surface area contributed by atoms with Crippen LogP contribution >= 0.6 is 27.3 Å². The molecule has 0 N–H and O–H groups in total. The third-order valence-electron chi connectivity index (χ3n) is 2.44. The molecule has 1 aromatic carbocycles. The van der Waals surface area contributed by atoms with Gasteiger partial charge in [-0.1, -0.05) is 46.3 Å². The van der Waals surface area contributed by atoms with Gasteiger partial charge in [-0.25, -0.2) is 0 Å². The molecule has 3 rings (SSSR count). The van der Waals surface area contributed by atoms with Gasteiger partial charge < -0.3 is 0 Å². The molecule has 17 heavy (non-hydrogen) atoms.